The minimum Gasteiger partial charge on any atom is -0.423 e. The third-order valence-electron chi connectivity index (χ3n) is 2.99. The molecule has 0 radical (unpaired) electrons. The SMILES string of the molecule is CC=C(C)c1ccc(CC(C)CC)c(=O)o1. The maximum Gasteiger partial charge on any atom is 0.339 e. The van der Waals surface area contributed by atoms with E-state index in [1.807, 2.05) is 32.1 Å². The van der Waals surface area contributed by atoms with Crippen molar-refractivity contribution >= 4 is 5.57 Å². The normalized spacial score (nSPS) is 13.9. The molecule has 0 bridgehead atoms. The first-order valence-electron chi connectivity index (χ1n) is 5.84. The van der Waals surface area contributed by atoms with E-state index < -0.39 is 0 Å². The van der Waals surface area contributed by atoms with Crippen molar-refractivity contribution in [3.63, 3.8) is 0 Å². The Labute approximate surface area is 97.0 Å². The van der Waals surface area contributed by atoms with Gasteiger partial charge in [-0.3, -0.25) is 0 Å². The summed E-state index contributed by atoms with van der Waals surface area (Å²) in [7, 11) is 0. The van der Waals surface area contributed by atoms with Crippen molar-refractivity contribution in [3.8, 4) is 0 Å². The summed E-state index contributed by atoms with van der Waals surface area (Å²) < 4.78 is 5.28. The van der Waals surface area contributed by atoms with Gasteiger partial charge in [-0.05, 0) is 43.9 Å². The van der Waals surface area contributed by atoms with E-state index in [-0.39, 0.29) is 5.63 Å². The average Bonchev–Trinajstić information content (AvgIpc) is 2.30. The lowest BCUT2D eigenvalue weighted by Crippen LogP contribution is -2.11. The van der Waals surface area contributed by atoms with Crippen LogP contribution in [-0.2, 0) is 6.42 Å². The van der Waals surface area contributed by atoms with Gasteiger partial charge in [0.05, 0.1) is 0 Å². The van der Waals surface area contributed by atoms with Crippen molar-refractivity contribution < 1.29 is 4.42 Å². The van der Waals surface area contributed by atoms with Gasteiger partial charge in [0.2, 0.25) is 0 Å². The van der Waals surface area contributed by atoms with Crippen LogP contribution in [0, 0.1) is 5.92 Å². The third kappa shape index (κ3) is 3.09. The van der Waals surface area contributed by atoms with Crippen molar-refractivity contribution in [2.75, 3.05) is 0 Å². The first-order valence-corrected chi connectivity index (χ1v) is 5.84. The topological polar surface area (TPSA) is 30.2 Å². The van der Waals surface area contributed by atoms with Gasteiger partial charge in [0.25, 0.3) is 0 Å². The molecule has 0 N–H and O–H groups in total. The van der Waals surface area contributed by atoms with Crippen LogP contribution >= 0.6 is 0 Å². The fourth-order valence-corrected chi connectivity index (χ4v) is 1.47. The van der Waals surface area contributed by atoms with E-state index >= 15 is 0 Å². The smallest absolute Gasteiger partial charge is 0.339 e. The van der Waals surface area contributed by atoms with E-state index in [0.29, 0.717) is 11.7 Å². The second-order valence-corrected chi connectivity index (χ2v) is 4.30. The summed E-state index contributed by atoms with van der Waals surface area (Å²) in [4.78, 5) is 11.7. The van der Waals surface area contributed by atoms with Crippen molar-refractivity contribution in [3.05, 3.63) is 40.0 Å². The van der Waals surface area contributed by atoms with Gasteiger partial charge < -0.3 is 4.42 Å². The molecule has 88 valence electrons. The Balaban J connectivity index is 2.97. The zero-order valence-electron chi connectivity index (χ0n) is 10.5. The first kappa shape index (κ1) is 12.8. The second kappa shape index (κ2) is 5.69. The van der Waals surface area contributed by atoms with Crippen LogP contribution in [0.5, 0.6) is 0 Å². The van der Waals surface area contributed by atoms with Gasteiger partial charge in [0.1, 0.15) is 5.76 Å². The van der Waals surface area contributed by atoms with Crippen LogP contribution in [0.15, 0.2) is 27.4 Å². The van der Waals surface area contributed by atoms with E-state index in [9.17, 15) is 4.79 Å². The van der Waals surface area contributed by atoms with Crippen LogP contribution in [0.1, 0.15) is 45.4 Å². The maximum absolute atomic E-state index is 11.7. The Hall–Kier alpha value is -1.31. The van der Waals surface area contributed by atoms with Crippen LogP contribution in [-0.4, -0.2) is 0 Å². The summed E-state index contributed by atoms with van der Waals surface area (Å²) in [6.45, 7) is 8.14. The highest BCUT2D eigenvalue weighted by Crippen LogP contribution is 2.14. The maximum atomic E-state index is 11.7. The highest BCUT2D eigenvalue weighted by atomic mass is 16.4. The van der Waals surface area contributed by atoms with Gasteiger partial charge in [-0.2, -0.15) is 0 Å². The van der Waals surface area contributed by atoms with Gasteiger partial charge in [-0.1, -0.05) is 26.3 Å². The quantitative estimate of drug-likeness (QED) is 0.775. The molecule has 0 saturated carbocycles. The molecule has 1 rings (SSSR count). The molecular formula is C14H20O2. The molecule has 1 aromatic rings. The highest BCUT2D eigenvalue weighted by molar-refractivity contribution is 5.58. The lowest BCUT2D eigenvalue weighted by molar-refractivity contribution is 0.473. The van der Waals surface area contributed by atoms with Crippen LogP contribution in [0.25, 0.3) is 5.57 Å². The molecule has 0 fully saturated rings. The summed E-state index contributed by atoms with van der Waals surface area (Å²) in [6.07, 6.45) is 3.82. The average molecular weight is 220 g/mol. The lowest BCUT2D eigenvalue weighted by Gasteiger charge is -2.07. The first-order chi connectivity index (χ1) is 7.58. The Morgan fingerprint density at radius 2 is 2.19 bits per heavy atom. The van der Waals surface area contributed by atoms with Gasteiger partial charge in [0.15, 0.2) is 0 Å². The molecule has 0 saturated heterocycles. The molecule has 0 aromatic carbocycles. The van der Waals surface area contributed by atoms with E-state index in [2.05, 4.69) is 13.8 Å². The van der Waals surface area contributed by atoms with Crippen LogP contribution in [0.3, 0.4) is 0 Å². The standard InChI is InChI=1S/C14H20O2/c1-5-10(3)9-12-7-8-13(11(4)6-2)16-14(12)15/h6-8,10H,5,9H2,1-4H3. The van der Waals surface area contributed by atoms with Crippen LogP contribution in [0.4, 0.5) is 0 Å². The fraction of sp³-hybridized carbons (Fsp3) is 0.500. The molecule has 0 aliphatic heterocycles. The Bertz CT molecular complexity index is 427. The molecule has 16 heavy (non-hydrogen) atoms. The number of allylic oxidation sites excluding steroid dienone is 2. The van der Waals surface area contributed by atoms with Gasteiger partial charge in [-0.25, -0.2) is 4.79 Å². The molecule has 1 aromatic heterocycles. The van der Waals surface area contributed by atoms with Crippen LogP contribution < -0.4 is 5.63 Å². The molecule has 0 aliphatic rings. The van der Waals surface area contributed by atoms with Gasteiger partial charge in [-0.15, -0.1) is 0 Å². The van der Waals surface area contributed by atoms with Crippen molar-refractivity contribution in [2.24, 2.45) is 5.92 Å². The largest absolute Gasteiger partial charge is 0.423 e. The second-order valence-electron chi connectivity index (χ2n) is 4.30. The minimum absolute atomic E-state index is 0.195. The van der Waals surface area contributed by atoms with E-state index in [4.69, 9.17) is 4.42 Å². The molecule has 1 unspecified atom stereocenters. The Morgan fingerprint density at radius 3 is 2.69 bits per heavy atom. The molecular weight excluding hydrogens is 200 g/mol. The third-order valence-corrected chi connectivity index (χ3v) is 2.99. The molecule has 0 amide bonds. The molecule has 2 nitrogen and oxygen atoms in total. The lowest BCUT2D eigenvalue weighted by atomic mass is 10.00. The number of rotatable bonds is 4. The molecule has 1 atom stereocenters. The highest BCUT2D eigenvalue weighted by Gasteiger charge is 2.08. The predicted molar refractivity (Wildman–Crippen MR) is 67.5 cm³/mol. The zero-order valence-corrected chi connectivity index (χ0v) is 10.5. The zero-order chi connectivity index (χ0) is 12.1. The molecule has 0 aliphatic carbocycles. The van der Waals surface area contributed by atoms with Gasteiger partial charge in [0, 0.05) is 5.56 Å². The van der Waals surface area contributed by atoms with Crippen molar-refractivity contribution in [1.29, 1.82) is 0 Å². The number of hydrogen-bond acceptors (Lipinski definition) is 2. The summed E-state index contributed by atoms with van der Waals surface area (Å²) in [5.41, 5.74) is 1.58. The van der Waals surface area contributed by atoms with E-state index in [1.165, 1.54) is 0 Å². The molecule has 2 heteroatoms. The summed E-state index contributed by atoms with van der Waals surface area (Å²) in [6, 6.07) is 3.77. The monoisotopic (exact) mass is 220 g/mol. The minimum atomic E-state index is -0.195. The van der Waals surface area contributed by atoms with E-state index in [1.54, 1.807) is 0 Å². The molecule has 1 heterocycles. The van der Waals surface area contributed by atoms with Crippen LogP contribution in [0.2, 0.25) is 0 Å². The summed E-state index contributed by atoms with van der Waals surface area (Å²) in [5.74, 6) is 1.19. The summed E-state index contributed by atoms with van der Waals surface area (Å²) in [5, 5.41) is 0. The predicted octanol–water partition coefficient (Wildman–Crippen LogP) is 3.65. The Kier molecular flexibility index (Phi) is 4.53. The summed E-state index contributed by atoms with van der Waals surface area (Å²) >= 11 is 0. The molecule has 0 spiro atoms. The van der Waals surface area contributed by atoms with E-state index in [0.717, 1.165) is 24.0 Å². The van der Waals surface area contributed by atoms with Gasteiger partial charge >= 0.3 is 5.63 Å². The van der Waals surface area contributed by atoms with Crippen molar-refractivity contribution in [1.82, 2.24) is 0 Å². The number of hydrogen-bond donors (Lipinski definition) is 0. The van der Waals surface area contributed by atoms with Crippen molar-refractivity contribution in [2.45, 2.75) is 40.5 Å². The Morgan fingerprint density at radius 1 is 1.50 bits per heavy atom. The fourth-order valence-electron chi connectivity index (χ4n) is 1.47.